The summed E-state index contributed by atoms with van der Waals surface area (Å²) in [7, 11) is 0. The lowest BCUT2D eigenvalue weighted by atomic mass is 10.1. The molecule has 1 fully saturated rings. The Hall–Kier alpha value is -1.06. The summed E-state index contributed by atoms with van der Waals surface area (Å²) in [6.07, 6.45) is 4.76. The van der Waals surface area contributed by atoms with Crippen LogP contribution in [0.4, 0.5) is 0 Å². The van der Waals surface area contributed by atoms with E-state index in [9.17, 15) is 0 Å². The smallest absolute Gasteiger partial charge is 0.119 e. The Bertz CT molecular complexity index is 348. The van der Waals surface area contributed by atoms with Crippen LogP contribution in [0.5, 0.6) is 5.75 Å². The summed E-state index contributed by atoms with van der Waals surface area (Å²) in [4.78, 5) is 2.52. The van der Waals surface area contributed by atoms with Gasteiger partial charge in [-0.2, -0.15) is 0 Å². The molecule has 3 nitrogen and oxygen atoms in total. The molecule has 100 valence electrons. The van der Waals surface area contributed by atoms with Crippen molar-refractivity contribution in [3.63, 3.8) is 0 Å². The minimum Gasteiger partial charge on any atom is -0.494 e. The molecule has 0 atom stereocenters. The maximum atomic E-state index is 5.79. The minimum absolute atomic E-state index is 0.693. The van der Waals surface area contributed by atoms with Gasteiger partial charge >= 0.3 is 0 Å². The number of hydrogen-bond donors (Lipinski definition) is 1. The first-order valence-corrected chi connectivity index (χ1v) is 7.02. The van der Waals surface area contributed by atoms with E-state index in [0.29, 0.717) is 6.54 Å². The predicted octanol–water partition coefficient (Wildman–Crippen LogP) is 2.05. The Labute approximate surface area is 110 Å². The van der Waals surface area contributed by atoms with Crippen molar-refractivity contribution in [2.24, 2.45) is 5.73 Å². The molecule has 2 rings (SSSR count). The van der Waals surface area contributed by atoms with Gasteiger partial charge in [0.15, 0.2) is 0 Å². The summed E-state index contributed by atoms with van der Waals surface area (Å²) in [5.74, 6) is 0.974. The highest BCUT2D eigenvalue weighted by molar-refractivity contribution is 5.28. The lowest BCUT2D eigenvalue weighted by molar-refractivity contribution is 0.263. The number of ether oxygens (including phenoxy) is 1. The molecule has 2 N–H and O–H groups in total. The fourth-order valence-electron chi connectivity index (χ4n) is 2.44. The number of hydrogen-bond acceptors (Lipinski definition) is 3. The fourth-order valence-corrected chi connectivity index (χ4v) is 2.44. The number of nitrogens with zero attached hydrogens (tertiary/aromatic N) is 1. The summed E-state index contributed by atoms with van der Waals surface area (Å²) in [5, 5.41) is 0. The van der Waals surface area contributed by atoms with Crippen molar-refractivity contribution in [1.82, 2.24) is 4.90 Å². The highest BCUT2D eigenvalue weighted by atomic mass is 16.5. The van der Waals surface area contributed by atoms with Crippen molar-refractivity contribution in [2.75, 3.05) is 32.8 Å². The first-order valence-electron chi connectivity index (χ1n) is 7.02. The highest BCUT2D eigenvalue weighted by Gasteiger charge is 2.10. The van der Waals surface area contributed by atoms with Crippen LogP contribution in [0.1, 0.15) is 24.8 Å². The summed E-state index contributed by atoms with van der Waals surface area (Å²) in [6, 6.07) is 8.27. The van der Waals surface area contributed by atoms with E-state index in [1.54, 1.807) is 0 Å². The van der Waals surface area contributed by atoms with Gasteiger partial charge in [0.1, 0.15) is 5.75 Å². The lowest BCUT2D eigenvalue weighted by Crippen LogP contribution is -2.21. The lowest BCUT2D eigenvalue weighted by Gasteiger charge is -2.14. The third-order valence-corrected chi connectivity index (χ3v) is 3.42. The van der Waals surface area contributed by atoms with Crippen LogP contribution in [0.15, 0.2) is 24.3 Å². The fraction of sp³-hybridized carbons (Fsp3) is 0.600. The van der Waals surface area contributed by atoms with E-state index in [4.69, 9.17) is 10.5 Å². The molecular formula is C15H24N2O. The molecule has 1 aliphatic heterocycles. The van der Waals surface area contributed by atoms with Crippen LogP contribution in [0, 0.1) is 0 Å². The van der Waals surface area contributed by atoms with Gasteiger partial charge < -0.3 is 15.4 Å². The third kappa shape index (κ3) is 4.31. The van der Waals surface area contributed by atoms with Crippen LogP contribution in [0.3, 0.4) is 0 Å². The van der Waals surface area contributed by atoms with Crippen LogP contribution >= 0.6 is 0 Å². The topological polar surface area (TPSA) is 38.5 Å². The van der Waals surface area contributed by atoms with Crippen molar-refractivity contribution >= 4 is 0 Å². The van der Waals surface area contributed by atoms with Crippen LogP contribution in [-0.4, -0.2) is 37.7 Å². The second kappa shape index (κ2) is 7.39. The number of likely N-dealkylation sites (tertiary alicyclic amines) is 1. The van der Waals surface area contributed by atoms with Gasteiger partial charge in [-0.1, -0.05) is 12.1 Å². The third-order valence-electron chi connectivity index (χ3n) is 3.42. The van der Waals surface area contributed by atoms with Gasteiger partial charge in [0.25, 0.3) is 0 Å². The van der Waals surface area contributed by atoms with Crippen molar-refractivity contribution in [3.05, 3.63) is 29.8 Å². The van der Waals surface area contributed by atoms with E-state index in [0.717, 1.165) is 25.2 Å². The molecule has 0 saturated carbocycles. The largest absolute Gasteiger partial charge is 0.494 e. The molecule has 0 aromatic heterocycles. The Morgan fingerprint density at radius 1 is 1.22 bits per heavy atom. The number of benzene rings is 1. The van der Waals surface area contributed by atoms with Crippen LogP contribution < -0.4 is 10.5 Å². The summed E-state index contributed by atoms with van der Waals surface area (Å²) < 4.78 is 5.79. The monoisotopic (exact) mass is 248 g/mol. The first-order chi connectivity index (χ1) is 8.88. The van der Waals surface area contributed by atoms with E-state index in [1.807, 2.05) is 12.1 Å². The minimum atomic E-state index is 0.693. The Morgan fingerprint density at radius 3 is 2.83 bits per heavy atom. The molecular weight excluding hydrogens is 224 g/mol. The Morgan fingerprint density at radius 2 is 2.06 bits per heavy atom. The molecule has 1 saturated heterocycles. The van der Waals surface area contributed by atoms with E-state index >= 15 is 0 Å². The SMILES string of the molecule is NCCc1cccc(OCCCN2CCCC2)c1. The van der Waals surface area contributed by atoms with Crippen molar-refractivity contribution < 1.29 is 4.74 Å². The molecule has 3 heteroatoms. The zero-order chi connectivity index (χ0) is 12.6. The molecule has 1 heterocycles. The second-order valence-corrected chi connectivity index (χ2v) is 4.94. The van der Waals surface area contributed by atoms with E-state index in [2.05, 4.69) is 17.0 Å². The van der Waals surface area contributed by atoms with Gasteiger partial charge in [-0.15, -0.1) is 0 Å². The Balaban J connectivity index is 1.67. The van der Waals surface area contributed by atoms with Gasteiger partial charge in [0, 0.05) is 6.54 Å². The van der Waals surface area contributed by atoms with Gasteiger partial charge in [-0.3, -0.25) is 0 Å². The van der Waals surface area contributed by atoms with Gasteiger partial charge in [0.2, 0.25) is 0 Å². The molecule has 0 radical (unpaired) electrons. The average molecular weight is 248 g/mol. The molecule has 0 unspecified atom stereocenters. The number of rotatable bonds is 7. The predicted molar refractivity (Wildman–Crippen MR) is 75.0 cm³/mol. The van der Waals surface area contributed by atoms with Crippen molar-refractivity contribution in [3.8, 4) is 5.75 Å². The van der Waals surface area contributed by atoms with E-state index in [-0.39, 0.29) is 0 Å². The quantitative estimate of drug-likeness (QED) is 0.751. The maximum absolute atomic E-state index is 5.79. The molecule has 0 spiro atoms. The summed E-state index contributed by atoms with van der Waals surface area (Å²) >= 11 is 0. The van der Waals surface area contributed by atoms with Gasteiger partial charge in [-0.25, -0.2) is 0 Å². The average Bonchev–Trinajstić information content (AvgIpc) is 2.89. The summed E-state index contributed by atoms with van der Waals surface area (Å²) in [5.41, 5.74) is 6.81. The standard InChI is InChI=1S/C15H24N2O/c16-8-7-14-5-3-6-15(13-14)18-12-4-11-17-9-1-2-10-17/h3,5-6,13H,1-2,4,7-12,16H2. The molecule has 1 aromatic carbocycles. The molecule has 1 aromatic rings. The molecule has 0 bridgehead atoms. The van der Waals surface area contributed by atoms with Crippen LogP contribution in [0.25, 0.3) is 0 Å². The zero-order valence-corrected chi connectivity index (χ0v) is 11.1. The normalized spacial score (nSPS) is 16.1. The van der Waals surface area contributed by atoms with Crippen molar-refractivity contribution in [1.29, 1.82) is 0 Å². The van der Waals surface area contributed by atoms with Crippen LogP contribution in [-0.2, 0) is 6.42 Å². The Kier molecular flexibility index (Phi) is 5.49. The maximum Gasteiger partial charge on any atom is 0.119 e. The van der Waals surface area contributed by atoms with Crippen LogP contribution in [0.2, 0.25) is 0 Å². The molecule has 0 amide bonds. The van der Waals surface area contributed by atoms with E-state index < -0.39 is 0 Å². The van der Waals surface area contributed by atoms with Gasteiger partial charge in [-0.05, 0) is 63.0 Å². The van der Waals surface area contributed by atoms with Crippen molar-refractivity contribution in [2.45, 2.75) is 25.7 Å². The highest BCUT2D eigenvalue weighted by Crippen LogP contribution is 2.14. The first kappa shape index (κ1) is 13.4. The summed E-state index contributed by atoms with van der Waals surface area (Å²) in [6.45, 7) is 5.21. The second-order valence-electron chi connectivity index (χ2n) is 4.94. The van der Waals surface area contributed by atoms with E-state index in [1.165, 1.54) is 38.0 Å². The zero-order valence-electron chi connectivity index (χ0n) is 11.1. The molecule has 1 aliphatic rings. The number of nitrogens with two attached hydrogens (primary N) is 1. The molecule has 18 heavy (non-hydrogen) atoms. The van der Waals surface area contributed by atoms with Gasteiger partial charge in [0.05, 0.1) is 6.61 Å². The molecule has 0 aliphatic carbocycles.